The fraction of sp³-hybridized carbons (Fsp3) is 0. The first kappa shape index (κ1) is 225. The fourth-order valence-corrected chi connectivity index (χ4v) is 0. The van der Waals surface area contributed by atoms with Crippen molar-refractivity contribution in [3.8, 4) is 0 Å². The van der Waals surface area contributed by atoms with Crippen LogP contribution in [0.4, 0.5) is 0 Å². The fourth-order valence-electron chi connectivity index (χ4n) is 0. The second-order valence-corrected chi connectivity index (χ2v) is 0. The van der Waals surface area contributed by atoms with Crippen LogP contribution >= 0.6 is 0 Å². The number of hydrogen-bond donors (Lipinski definition) is 0. The summed E-state index contributed by atoms with van der Waals surface area (Å²) in [6.45, 7) is 0. The summed E-state index contributed by atoms with van der Waals surface area (Å²) in [7, 11) is 0. The monoisotopic (exact) mass is 187 g/mol. The van der Waals surface area contributed by atoms with Gasteiger partial charge in [0.15, 0.2) is 0 Å². The molecule has 7 heavy (non-hydrogen) atoms. The van der Waals surface area contributed by atoms with Crippen LogP contribution in [-0.2, 0) is 17.4 Å². The van der Waals surface area contributed by atoms with E-state index in [9.17, 15) is 0 Å². The largest absolute Gasteiger partial charge is 3.00 e. The van der Waals surface area contributed by atoms with Crippen LogP contribution in [0.5, 0.6) is 0 Å². The molecule has 7 heteroatoms. The van der Waals surface area contributed by atoms with Crippen molar-refractivity contribution in [1.29, 1.82) is 0 Å². The van der Waals surface area contributed by atoms with Crippen LogP contribution in [0.15, 0.2) is 0 Å². The quantitative estimate of drug-likeness (QED) is 0.261. The molecule has 0 atom stereocenters. The SMILES string of the molecule is [Ca+2].[Cr+3].[F-].[F-].[F-].[F-].[F-]. The topological polar surface area (TPSA) is 0 Å². The zero-order valence-corrected chi connectivity index (χ0v) is 6.49. The van der Waals surface area contributed by atoms with Crippen molar-refractivity contribution >= 4 is 37.7 Å². The molecule has 0 nitrogen and oxygen atoms in total. The van der Waals surface area contributed by atoms with Gasteiger partial charge in [-0.05, 0) is 0 Å². The van der Waals surface area contributed by atoms with Crippen LogP contribution in [0.25, 0.3) is 0 Å². The first-order valence-electron chi connectivity index (χ1n) is 0. The van der Waals surface area contributed by atoms with Gasteiger partial charge in [-0.1, -0.05) is 0 Å². The van der Waals surface area contributed by atoms with E-state index in [1.54, 1.807) is 0 Å². The van der Waals surface area contributed by atoms with Gasteiger partial charge in [0.2, 0.25) is 0 Å². The Morgan fingerprint density at radius 3 is 0.429 bits per heavy atom. The van der Waals surface area contributed by atoms with Gasteiger partial charge in [0, 0.05) is 0 Å². The number of hydrogen-bond acceptors (Lipinski definition) is 0. The maximum atomic E-state index is 0. The van der Waals surface area contributed by atoms with Crippen molar-refractivity contribution < 1.29 is 40.9 Å². The summed E-state index contributed by atoms with van der Waals surface area (Å²) in [5, 5.41) is 0. The standard InChI is InChI=1S/Ca.Cr.5FH/h;;5*1H/q+2;+3;;;;;/p-5. The van der Waals surface area contributed by atoms with Gasteiger partial charge < -0.3 is 23.5 Å². The van der Waals surface area contributed by atoms with E-state index < -0.39 is 0 Å². The summed E-state index contributed by atoms with van der Waals surface area (Å²) in [5.41, 5.74) is 0. The van der Waals surface area contributed by atoms with Gasteiger partial charge in [-0.2, -0.15) is 0 Å². The third kappa shape index (κ3) is 106. The van der Waals surface area contributed by atoms with E-state index in [0.717, 1.165) is 0 Å². The first-order valence-corrected chi connectivity index (χ1v) is 0. The minimum absolute atomic E-state index is 0. The number of rotatable bonds is 0. The van der Waals surface area contributed by atoms with E-state index in [2.05, 4.69) is 0 Å². The Hall–Kier alpha value is 1.44. The summed E-state index contributed by atoms with van der Waals surface area (Å²) in [5.74, 6) is 0. The Labute approximate surface area is 78.0 Å². The van der Waals surface area contributed by atoms with Crippen molar-refractivity contribution in [3.63, 3.8) is 0 Å². The van der Waals surface area contributed by atoms with Gasteiger partial charge in [0.1, 0.15) is 0 Å². The van der Waals surface area contributed by atoms with Gasteiger partial charge in [-0.25, -0.2) is 0 Å². The van der Waals surface area contributed by atoms with Gasteiger partial charge in [0.05, 0.1) is 0 Å². The van der Waals surface area contributed by atoms with E-state index in [1.165, 1.54) is 0 Å². The van der Waals surface area contributed by atoms with Gasteiger partial charge >= 0.3 is 55.1 Å². The van der Waals surface area contributed by atoms with Crippen LogP contribution < -0.4 is 23.5 Å². The minimum atomic E-state index is 0. The zero-order valence-electron chi connectivity index (χ0n) is 3.01. The Morgan fingerprint density at radius 1 is 0.429 bits per heavy atom. The predicted octanol–water partition coefficient (Wildman–Crippen LogP) is -15.4. The molecule has 0 aliphatic rings. The Morgan fingerprint density at radius 2 is 0.429 bits per heavy atom. The van der Waals surface area contributed by atoms with E-state index in [4.69, 9.17) is 0 Å². The normalized spacial score (nSPS) is 0. The van der Waals surface area contributed by atoms with Crippen LogP contribution in [-0.4, -0.2) is 37.7 Å². The number of halogens is 5. The molecule has 0 saturated heterocycles. The molecular weight excluding hydrogens is 187 g/mol. The first-order chi connectivity index (χ1) is 0. The smallest absolute Gasteiger partial charge is 1.00 e. The molecule has 0 heterocycles. The summed E-state index contributed by atoms with van der Waals surface area (Å²) >= 11 is 0. The molecule has 0 aromatic carbocycles. The Kier molecular flexibility index (Phi) is 4770. The van der Waals surface area contributed by atoms with Gasteiger partial charge in [-0.3, -0.25) is 0 Å². The van der Waals surface area contributed by atoms with Crippen LogP contribution in [0.2, 0.25) is 0 Å². The van der Waals surface area contributed by atoms with Crippen molar-refractivity contribution in [2.75, 3.05) is 0 Å². The second-order valence-electron chi connectivity index (χ2n) is 0. The molecule has 0 N–H and O–H groups in total. The molecule has 0 aliphatic heterocycles. The zero-order chi connectivity index (χ0) is 0. The molecular formula is CaCrF5. The van der Waals surface area contributed by atoms with Crippen molar-refractivity contribution in [1.82, 2.24) is 0 Å². The molecule has 0 aliphatic carbocycles. The average Bonchev–Trinajstić information content (AvgIpc) is 0. The molecule has 0 spiro atoms. The van der Waals surface area contributed by atoms with Gasteiger partial charge in [-0.15, -0.1) is 0 Å². The van der Waals surface area contributed by atoms with Crippen molar-refractivity contribution in [2.24, 2.45) is 0 Å². The van der Waals surface area contributed by atoms with E-state index >= 15 is 0 Å². The molecule has 1 radical (unpaired) electrons. The van der Waals surface area contributed by atoms with Crippen LogP contribution in [0.3, 0.4) is 0 Å². The summed E-state index contributed by atoms with van der Waals surface area (Å²) in [6.07, 6.45) is 0. The summed E-state index contributed by atoms with van der Waals surface area (Å²) in [4.78, 5) is 0. The molecule has 0 aromatic rings. The summed E-state index contributed by atoms with van der Waals surface area (Å²) < 4.78 is 0. The second kappa shape index (κ2) is 148. The van der Waals surface area contributed by atoms with Crippen molar-refractivity contribution in [3.05, 3.63) is 0 Å². The minimum Gasteiger partial charge on any atom is -1.00 e. The third-order valence-electron chi connectivity index (χ3n) is 0. The predicted molar refractivity (Wildman–Crippen MR) is 5.75 cm³/mol. The van der Waals surface area contributed by atoms with Crippen LogP contribution in [0.1, 0.15) is 0 Å². The maximum Gasteiger partial charge on any atom is 3.00 e. The Bertz CT molecular complexity index is 8.04. The van der Waals surface area contributed by atoms with E-state index in [1.807, 2.05) is 0 Å². The van der Waals surface area contributed by atoms with Crippen molar-refractivity contribution in [2.45, 2.75) is 0 Å². The van der Waals surface area contributed by atoms with E-state index in [-0.39, 0.29) is 78.6 Å². The molecule has 0 unspecified atom stereocenters. The molecule has 0 fully saturated rings. The Balaban J connectivity index is 0. The molecule has 43 valence electrons. The average molecular weight is 187 g/mol. The summed E-state index contributed by atoms with van der Waals surface area (Å²) in [6, 6.07) is 0. The molecule has 0 aromatic heterocycles. The maximum absolute atomic E-state index is 0. The molecule has 0 bridgehead atoms. The van der Waals surface area contributed by atoms with E-state index in [0.29, 0.717) is 0 Å². The third-order valence-corrected chi connectivity index (χ3v) is 0. The van der Waals surface area contributed by atoms with Crippen LogP contribution in [0, 0.1) is 0 Å². The van der Waals surface area contributed by atoms with Gasteiger partial charge in [0.25, 0.3) is 0 Å². The molecule has 0 saturated carbocycles. The molecule has 0 rings (SSSR count). The molecule has 0 amide bonds.